The van der Waals surface area contributed by atoms with E-state index in [0.29, 0.717) is 18.0 Å². The van der Waals surface area contributed by atoms with Crippen LogP contribution in [0, 0.1) is 5.82 Å². The summed E-state index contributed by atoms with van der Waals surface area (Å²) < 4.78 is 16.9. The third kappa shape index (κ3) is 2.34. The Morgan fingerprint density at radius 3 is 2.75 bits per heavy atom. The van der Waals surface area contributed by atoms with Crippen molar-refractivity contribution in [2.75, 3.05) is 5.88 Å². The Morgan fingerprint density at radius 1 is 1.20 bits per heavy atom. The molecule has 0 amide bonds. The van der Waals surface area contributed by atoms with E-state index < -0.39 is 0 Å². The zero-order valence-corrected chi connectivity index (χ0v) is 12.8. The van der Waals surface area contributed by atoms with Gasteiger partial charge in [-0.2, -0.15) is 0 Å². The summed E-state index contributed by atoms with van der Waals surface area (Å²) in [7, 11) is 0. The average Bonchev–Trinajstić information content (AvgIpc) is 2.77. The Labute approximate surface area is 129 Å². The van der Waals surface area contributed by atoms with Gasteiger partial charge in [0.1, 0.15) is 11.6 Å². The molecule has 0 aliphatic carbocycles. The normalized spacial score (nSPS) is 11.2. The van der Waals surface area contributed by atoms with E-state index in [9.17, 15) is 4.39 Å². The van der Waals surface area contributed by atoms with Gasteiger partial charge in [0.25, 0.3) is 0 Å². The van der Waals surface area contributed by atoms with Crippen LogP contribution in [0.4, 0.5) is 4.39 Å². The van der Waals surface area contributed by atoms with E-state index in [-0.39, 0.29) is 5.82 Å². The maximum atomic E-state index is 14.1. The number of hydrogen-bond donors (Lipinski definition) is 0. The highest BCUT2D eigenvalue weighted by Crippen LogP contribution is 2.26. The minimum atomic E-state index is -0.275. The van der Waals surface area contributed by atoms with Gasteiger partial charge in [0, 0.05) is 16.8 Å². The molecular weight excluding hydrogens is 343 g/mol. The standard InChI is InChI=1S/C15H11BrClFN2/c16-10-5-6-12-14(9-10)20(15(19-12)7-8-17)13-4-2-1-3-11(13)18/h1-6,9H,7-8H2. The molecule has 0 aliphatic rings. The monoisotopic (exact) mass is 352 g/mol. The summed E-state index contributed by atoms with van der Waals surface area (Å²) in [5, 5.41) is 0. The Morgan fingerprint density at radius 2 is 2.00 bits per heavy atom. The van der Waals surface area contributed by atoms with E-state index in [4.69, 9.17) is 11.6 Å². The third-order valence-corrected chi connectivity index (χ3v) is 3.78. The number of alkyl halides is 1. The number of aromatic nitrogens is 2. The van der Waals surface area contributed by atoms with Gasteiger partial charge >= 0.3 is 0 Å². The van der Waals surface area contributed by atoms with Crippen LogP contribution in [-0.4, -0.2) is 15.4 Å². The van der Waals surface area contributed by atoms with Gasteiger partial charge in [-0.15, -0.1) is 11.6 Å². The van der Waals surface area contributed by atoms with E-state index in [1.54, 1.807) is 12.1 Å². The second kappa shape index (κ2) is 5.54. The van der Waals surface area contributed by atoms with Gasteiger partial charge in [-0.05, 0) is 30.3 Å². The highest BCUT2D eigenvalue weighted by molar-refractivity contribution is 9.10. The number of hydrogen-bond acceptors (Lipinski definition) is 1. The number of halogens is 3. The fourth-order valence-corrected chi connectivity index (χ4v) is 2.77. The molecule has 5 heteroatoms. The van der Waals surface area contributed by atoms with Crippen LogP contribution in [0.2, 0.25) is 0 Å². The van der Waals surface area contributed by atoms with Crippen LogP contribution in [0.1, 0.15) is 5.82 Å². The molecule has 0 unspecified atom stereocenters. The summed E-state index contributed by atoms with van der Waals surface area (Å²) in [5.41, 5.74) is 2.19. The molecule has 0 radical (unpaired) electrons. The lowest BCUT2D eigenvalue weighted by molar-refractivity contribution is 0.617. The third-order valence-electron chi connectivity index (χ3n) is 3.10. The van der Waals surface area contributed by atoms with E-state index >= 15 is 0 Å². The minimum Gasteiger partial charge on any atom is -0.293 e. The number of nitrogens with zero attached hydrogens (tertiary/aromatic N) is 2. The van der Waals surface area contributed by atoms with Crippen molar-refractivity contribution in [3.63, 3.8) is 0 Å². The van der Waals surface area contributed by atoms with E-state index in [1.807, 2.05) is 28.8 Å². The average molecular weight is 354 g/mol. The fourth-order valence-electron chi connectivity index (χ4n) is 2.25. The van der Waals surface area contributed by atoms with Gasteiger partial charge in [0.05, 0.1) is 16.7 Å². The highest BCUT2D eigenvalue weighted by atomic mass is 79.9. The lowest BCUT2D eigenvalue weighted by Gasteiger charge is -2.09. The number of benzene rings is 2. The van der Waals surface area contributed by atoms with Crippen LogP contribution in [-0.2, 0) is 6.42 Å². The van der Waals surface area contributed by atoms with Crippen molar-refractivity contribution in [1.29, 1.82) is 0 Å². The maximum absolute atomic E-state index is 14.1. The molecule has 1 aromatic heterocycles. The fraction of sp³-hybridized carbons (Fsp3) is 0.133. The molecule has 2 aromatic carbocycles. The maximum Gasteiger partial charge on any atom is 0.147 e. The molecule has 0 saturated carbocycles. The zero-order chi connectivity index (χ0) is 14.1. The first-order chi connectivity index (χ1) is 9.70. The predicted molar refractivity (Wildman–Crippen MR) is 83.2 cm³/mol. The molecule has 102 valence electrons. The summed E-state index contributed by atoms with van der Waals surface area (Å²) in [4.78, 5) is 4.55. The van der Waals surface area contributed by atoms with Gasteiger partial charge < -0.3 is 0 Å². The summed E-state index contributed by atoms with van der Waals surface area (Å²) >= 11 is 9.28. The number of aryl methyl sites for hydroxylation is 1. The van der Waals surface area contributed by atoms with Crippen LogP contribution in [0.3, 0.4) is 0 Å². The van der Waals surface area contributed by atoms with Crippen molar-refractivity contribution in [2.24, 2.45) is 0 Å². The smallest absolute Gasteiger partial charge is 0.147 e. The molecule has 0 aliphatic heterocycles. The molecule has 0 fully saturated rings. The van der Waals surface area contributed by atoms with Gasteiger partial charge in [-0.1, -0.05) is 28.1 Å². The van der Waals surface area contributed by atoms with Gasteiger partial charge in [-0.25, -0.2) is 9.37 Å². The second-order valence-corrected chi connectivity index (χ2v) is 5.68. The van der Waals surface area contributed by atoms with Crippen LogP contribution in [0.15, 0.2) is 46.9 Å². The Balaban J connectivity index is 2.34. The molecule has 0 saturated heterocycles. The number of rotatable bonds is 3. The first kappa shape index (κ1) is 13.6. The first-order valence-corrected chi connectivity index (χ1v) is 7.51. The molecular formula is C15H11BrClFN2. The van der Waals surface area contributed by atoms with Crippen molar-refractivity contribution in [1.82, 2.24) is 9.55 Å². The van der Waals surface area contributed by atoms with Crippen molar-refractivity contribution < 1.29 is 4.39 Å². The van der Waals surface area contributed by atoms with E-state index in [0.717, 1.165) is 21.3 Å². The van der Waals surface area contributed by atoms with Crippen molar-refractivity contribution in [3.05, 3.63) is 58.6 Å². The minimum absolute atomic E-state index is 0.275. The molecule has 1 heterocycles. The zero-order valence-electron chi connectivity index (χ0n) is 10.5. The summed E-state index contributed by atoms with van der Waals surface area (Å²) in [6.07, 6.45) is 0.586. The summed E-state index contributed by atoms with van der Waals surface area (Å²) in [6.45, 7) is 0. The lowest BCUT2D eigenvalue weighted by atomic mass is 10.2. The van der Waals surface area contributed by atoms with Crippen LogP contribution in [0.5, 0.6) is 0 Å². The molecule has 2 nitrogen and oxygen atoms in total. The largest absolute Gasteiger partial charge is 0.293 e. The SMILES string of the molecule is Fc1ccccc1-n1c(CCCl)nc2ccc(Br)cc21. The van der Waals surface area contributed by atoms with Gasteiger partial charge in [0.2, 0.25) is 0 Å². The Kier molecular flexibility index (Phi) is 3.76. The first-order valence-electron chi connectivity index (χ1n) is 6.18. The van der Waals surface area contributed by atoms with Gasteiger partial charge in [0.15, 0.2) is 0 Å². The molecule has 0 spiro atoms. The number of imidazole rings is 1. The molecule has 0 N–H and O–H groups in total. The number of para-hydroxylation sites is 1. The highest BCUT2D eigenvalue weighted by Gasteiger charge is 2.14. The second-order valence-electron chi connectivity index (χ2n) is 4.39. The Hall–Kier alpha value is -1.39. The van der Waals surface area contributed by atoms with Gasteiger partial charge in [-0.3, -0.25) is 4.57 Å². The van der Waals surface area contributed by atoms with Crippen molar-refractivity contribution >= 4 is 38.6 Å². The van der Waals surface area contributed by atoms with Crippen LogP contribution < -0.4 is 0 Å². The van der Waals surface area contributed by atoms with Crippen LogP contribution in [0.25, 0.3) is 16.7 Å². The van der Waals surface area contributed by atoms with E-state index in [1.165, 1.54) is 6.07 Å². The molecule has 0 atom stereocenters. The molecule has 3 rings (SSSR count). The molecule has 0 bridgehead atoms. The quantitative estimate of drug-likeness (QED) is 0.624. The topological polar surface area (TPSA) is 17.8 Å². The number of fused-ring (bicyclic) bond motifs is 1. The van der Waals surface area contributed by atoms with Crippen molar-refractivity contribution in [3.8, 4) is 5.69 Å². The summed E-state index contributed by atoms with van der Waals surface area (Å²) in [6, 6.07) is 12.5. The van der Waals surface area contributed by atoms with Crippen LogP contribution >= 0.6 is 27.5 Å². The lowest BCUT2D eigenvalue weighted by Crippen LogP contribution is -2.04. The molecule has 20 heavy (non-hydrogen) atoms. The van der Waals surface area contributed by atoms with Crippen molar-refractivity contribution in [2.45, 2.75) is 6.42 Å². The predicted octanol–water partition coefficient (Wildman–Crippen LogP) is 4.71. The van der Waals surface area contributed by atoms with E-state index in [2.05, 4.69) is 20.9 Å². The summed E-state index contributed by atoms with van der Waals surface area (Å²) in [5.74, 6) is 0.930. The Bertz CT molecular complexity index is 770. The molecule has 3 aromatic rings.